The first-order chi connectivity index (χ1) is 26.1. The summed E-state index contributed by atoms with van der Waals surface area (Å²) in [6, 6.07) is 52.2. The highest BCUT2D eigenvalue weighted by molar-refractivity contribution is 7.13. The molecular formula is C50H40N2S. The zero-order chi connectivity index (χ0) is 35.8. The molecule has 2 nitrogen and oxygen atoms in total. The van der Waals surface area contributed by atoms with Crippen molar-refractivity contribution < 1.29 is 0 Å². The molecule has 3 heterocycles. The first kappa shape index (κ1) is 31.8. The first-order valence-electron chi connectivity index (χ1n) is 18.7. The van der Waals surface area contributed by atoms with Crippen molar-refractivity contribution in [3.05, 3.63) is 195 Å². The molecule has 2 aliphatic rings. The third-order valence-electron chi connectivity index (χ3n) is 11.6. The zero-order valence-electron chi connectivity index (χ0n) is 30.4. The Labute approximate surface area is 315 Å². The van der Waals surface area contributed by atoms with Gasteiger partial charge in [-0.1, -0.05) is 135 Å². The Balaban J connectivity index is 1.29. The Morgan fingerprint density at radius 1 is 0.717 bits per heavy atom. The summed E-state index contributed by atoms with van der Waals surface area (Å²) in [4.78, 5) is 5.18. The summed E-state index contributed by atoms with van der Waals surface area (Å²) >= 11 is 1.92. The fourth-order valence-corrected chi connectivity index (χ4v) is 11.0. The fraction of sp³-hybridized carbons (Fsp3) is 0.120. The van der Waals surface area contributed by atoms with E-state index in [0.717, 1.165) is 24.2 Å². The standard InChI is InChI=1S/C50H40N2S/c1-5-18-47-35(6-2)32(4)49(53-47)44(7-3)51(33-19-9-8-10-20-33)34-29-30-37-36-21-11-13-24-40(36)50(43(37)31-34)41-25-14-16-28-46(41)52-45-27-15-12-22-38(45)39-23-17-26-42(50)48(39)52/h6-17,19-31H,2,5,18H2,1,3-4H3/b44-7+. The van der Waals surface area contributed by atoms with E-state index in [1.807, 2.05) is 11.3 Å². The number of rotatable bonds is 7. The lowest BCUT2D eigenvalue weighted by molar-refractivity contribution is 0.748. The van der Waals surface area contributed by atoms with Crippen LogP contribution in [0.2, 0.25) is 0 Å². The molecule has 1 spiro atoms. The average molecular weight is 701 g/mol. The van der Waals surface area contributed by atoms with E-state index in [4.69, 9.17) is 0 Å². The fourth-order valence-electron chi connectivity index (χ4n) is 9.57. The maximum Gasteiger partial charge on any atom is 0.0755 e. The van der Waals surface area contributed by atoms with Crippen LogP contribution in [-0.2, 0) is 11.8 Å². The molecule has 10 rings (SSSR count). The lowest BCUT2D eigenvalue weighted by Crippen LogP contribution is -2.33. The second kappa shape index (κ2) is 12.1. The van der Waals surface area contributed by atoms with Gasteiger partial charge >= 0.3 is 0 Å². The zero-order valence-corrected chi connectivity index (χ0v) is 31.2. The van der Waals surface area contributed by atoms with Crippen LogP contribution in [0.1, 0.15) is 63.4 Å². The molecule has 1 aliphatic carbocycles. The number of aryl methyl sites for hydroxylation is 1. The third kappa shape index (κ3) is 4.26. The molecule has 256 valence electrons. The largest absolute Gasteiger partial charge is 0.309 e. The normalized spacial score (nSPS) is 15.5. The van der Waals surface area contributed by atoms with Crippen molar-refractivity contribution in [3.8, 4) is 16.8 Å². The number of hydrogen-bond donors (Lipinski definition) is 0. The summed E-state index contributed by atoms with van der Waals surface area (Å²) in [6.07, 6.45) is 6.50. The minimum atomic E-state index is -0.510. The van der Waals surface area contributed by atoms with Crippen molar-refractivity contribution in [2.75, 3.05) is 4.90 Å². The minimum Gasteiger partial charge on any atom is -0.309 e. The van der Waals surface area contributed by atoms with Crippen LogP contribution in [-0.4, -0.2) is 4.57 Å². The SMILES string of the molecule is C=Cc1c(CCC)sc(/C(=C\C)N(c2ccccc2)c2ccc3c(c2)C2(c4ccccc4-3)c3ccccc3-n3c4ccccc4c4cccc2c43)c1C. The quantitative estimate of drug-likeness (QED) is 0.161. The summed E-state index contributed by atoms with van der Waals surface area (Å²) in [6.45, 7) is 10.9. The van der Waals surface area contributed by atoms with Crippen molar-refractivity contribution in [2.24, 2.45) is 0 Å². The lowest BCUT2D eigenvalue weighted by atomic mass is 9.65. The summed E-state index contributed by atoms with van der Waals surface area (Å²) in [5.74, 6) is 0. The Hall–Kier alpha value is -5.90. The minimum absolute atomic E-state index is 0.510. The van der Waals surface area contributed by atoms with E-state index in [0.29, 0.717) is 0 Å². The van der Waals surface area contributed by atoms with Crippen LogP contribution in [0.4, 0.5) is 11.4 Å². The molecule has 8 aromatic rings. The predicted octanol–water partition coefficient (Wildman–Crippen LogP) is 13.6. The van der Waals surface area contributed by atoms with Gasteiger partial charge in [-0.25, -0.2) is 0 Å². The second-order valence-electron chi connectivity index (χ2n) is 14.3. The number of thiophene rings is 1. The summed E-state index contributed by atoms with van der Waals surface area (Å²) < 4.78 is 2.52. The van der Waals surface area contributed by atoms with Crippen molar-refractivity contribution >= 4 is 56.3 Å². The number of nitrogens with zero attached hydrogens (tertiary/aromatic N) is 2. The topological polar surface area (TPSA) is 8.17 Å². The van der Waals surface area contributed by atoms with E-state index in [1.165, 1.54) is 87.5 Å². The molecule has 3 heteroatoms. The van der Waals surface area contributed by atoms with Crippen LogP contribution in [0, 0.1) is 6.92 Å². The van der Waals surface area contributed by atoms with E-state index in [1.54, 1.807) is 0 Å². The Kier molecular flexibility index (Phi) is 7.25. The van der Waals surface area contributed by atoms with Gasteiger partial charge in [0, 0.05) is 27.0 Å². The van der Waals surface area contributed by atoms with Crippen LogP contribution in [0.15, 0.2) is 152 Å². The summed E-state index contributed by atoms with van der Waals surface area (Å²) in [7, 11) is 0. The predicted molar refractivity (Wildman–Crippen MR) is 227 cm³/mol. The number of aromatic nitrogens is 1. The molecule has 0 saturated carbocycles. The van der Waals surface area contributed by atoms with Crippen molar-refractivity contribution in [2.45, 2.75) is 39.0 Å². The molecule has 0 radical (unpaired) electrons. The molecule has 0 N–H and O–H groups in total. The molecule has 53 heavy (non-hydrogen) atoms. The Morgan fingerprint density at radius 2 is 1.42 bits per heavy atom. The second-order valence-corrected chi connectivity index (χ2v) is 15.4. The molecule has 1 atom stereocenters. The highest BCUT2D eigenvalue weighted by atomic mass is 32.1. The smallest absolute Gasteiger partial charge is 0.0755 e. The van der Waals surface area contributed by atoms with Gasteiger partial charge in [0.05, 0.1) is 32.7 Å². The van der Waals surface area contributed by atoms with Crippen LogP contribution in [0.5, 0.6) is 0 Å². The van der Waals surface area contributed by atoms with E-state index in [-0.39, 0.29) is 0 Å². The van der Waals surface area contributed by atoms with Gasteiger partial charge in [-0.3, -0.25) is 0 Å². The molecule has 2 aromatic heterocycles. The monoisotopic (exact) mass is 700 g/mol. The Bertz CT molecular complexity index is 2790. The Morgan fingerprint density at radius 3 is 2.23 bits per heavy atom. The van der Waals surface area contributed by atoms with Gasteiger partial charge in [-0.05, 0) is 101 Å². The molecule has 0 amide bonds. The van der Waals surface area contributed by atoms with E-state index in [2.05, 4.69) is 188 Å². The molecule has 0 saturated heterocycles. The van der Waals surface area contributed by atoms with E-state index >= 15 is 0 Å². The van der Waals surface area contributed by atoms with Crippen LogP contribution >= 0.6 is 11.3 Å². The molecule has 0 bridgehead atoms. The van der Waals surface area contributed by atoms with Gasteiger partial charge in [0.15, 0.2) is 0 Å². The number of hydrogen-bond acceptors (Lipinski definition) is 2. The lowest BCUT2D eigenvalue weighted by Gasteiger charge is -2.40. The molecule has 1 unspecified atom stereocenters. The molecule has 6 aromatic carbocycles. The van der Waals surface area contributed by atoms with E-state index < -0.39 is 5.41 Å². The molecule has 0 fully saturated rings. The van der Waals surface area contributed by atoms with Crippen LogP contribution in [0.25, 0.3) is 50.4 Å². The van der Waals surface area contributed by atoms with Crippen molar-refractivity contribution in [1.82, 2.24) is 4.57 Å². The van der Waals surface area contributed by atoms with Crippen molar-refractivity contribution in [1.29, 1.82) is 0 Å². The highest BCUT2D eigenvalue weighted by Gasteiger charge is 2.51. The maximum absolute atomic E-state index is 4.24. The van der Waals surface area contributed by atoms with Gasteiger partial charge in [-0.2, -0.15) is 0 Å². The van der Waals surface area contributed by atoms with E-state index in [9.17, 15) is 0 Å². The number of anilines is 2. The van der Waals surface area contributed by atoms with Crippen LogP contribution < -0.4 is 4.90 Å². The average Bonchev–Trinajstić information content (AvgIpc) is 3.82. The van der Waals surface area contributed by atoms with Crippen molar-refractivity contribution in [3.63, 3.8) is 0 Å². The number of para-hydroxylation sites is 4. The summed E-state index contributed by atoms with van der Waals surface area (Å²) in [5.41, 5.74) is 17.3. The van der Waals surface area contributed by atoms with Gasteiger partial charge in [0.25, 0.3) is 0 Å². The van der Waals surface area contributed by atoms with Gasteiger partial charge < -0.3 is 9.47 Å². The number of allylic oxidation sites excluding steroid dienone is 1. The maximum atomic E-state index is 4.24. The van der Waals surface area contributed by atoms with Crippen LogP contribution in [0.3, 0.4) is 0 Å². The molecule has 1 aliphatic heterocycles. The third-order valence-corrected chi connectivity index (χ3v) is 13.0. The van der Waals surface area contributed by atoms with Gasteiger partial charge in [-0.15, -0.1) is 11.3 Å². The van der Waals surface area contributed by atoms with Gasteiger partial charge in [0.1, 0.15) is 0 Å². The van der Waals surface area contributed by atoms with Gasteiger partial charge in [0.2, 0.25) is 0 Å². The highest BCUT2D eigenvalue weighted by Crippen LogP contribution is 2.61. The summed E-state index contributed by atoms with van der Waals surface area (Å²) in [5, 5.41) is 2.59. The number of fused-ring (bicyclic) bond motifs is 12. The number of benzene rings is 6. The first-order valence-corrected chi connectivity index (χ1v) is 19.6. The molecular weight excluding hydrogens is 661 g/mol.